The lowest BCUT2D eigenvalue weighted by atomic mass is 10.1. The fraction of sp³-hybridized carbons (Fsp3) is 0.667. The Bertz CT molecular complexity index is 303. The zero-order chi connectivity index (χ0) is 13.2. The highest BCUT2D eigenvalue weighted by Gasteiger charge is 2.09. The number of aromatic nitrogens is 1. The molecule has 0 spiro atoms. The molecule has 0 aliphatic heterocycles. The largest absolute Gasteiger partial charge is 0.380 e. The van der Waals surface area contributed by atoms with Crippen molar-refractivity contribution < 1.29 is 4.74 Å². The third-order valence-corrected chi connectivity index (χ3v) is 2.96. The monoisotopic (exact) mass is 250 g/mol. The van der Waals surface area contributed by atoms with Crippen LogP contribution in [0.5, 0.6) is 0 Å². The third kappa shape index (κ3) is 5.61. The summed E-state index contributed by atoms with van der Waals surface area (Å²) in [6.45, 7) is 8.92. The molecule has 0 radical (unpaired) electrons. The first-order chi connectivity index (χ1) is 8.80. The SMILES string of the molecule is CCCNC(COCC)Cc1ccc(CC)cn1. The van der Waals surface area contributed by atoms with Crippen LogP contribution in [0.3, 0.4) is 0 Å². The Kier molecular flexibility index (Phi) is 7.62. The number of hydrogen-bond donors (Lipinski definition) is 1. The molecule has 0 bridgehead atoms. The van der Waals surface area contributed by atoms with Crippen molar-refractivity contribution in [1.29, 1.82) is 0 Å². The maximum atomic E-state index is 5.52. The first-order valence-electron chi connectivity index (χ1n) is 7.05. The Balaban J connectivity index is 2.51. The number of aryl methyl sites for hydroxylation is 1. The second-order valence-electron chi connectivity index (χ2n) is 4.53. The van der Waals surface area contributed by atoms with E-state index in [1.54, 1.807) is 0 Å². The lowest BCUT2D eigenvalue weighted by molar-refractivity contribution is 0.122. The number of ether oxygens (including phenoxy) is 1. The van der Waals surface area contributed by atoms with Crippen molar-refractivity contribution in [2.45, 2.75) is 46.1 Å². The molecule has 0 aliphatic rings. The van der Waals surface area contributed by atoms with Crippen molar-refractivity contribution in [1.82, 2.24) is 10.3 Å². The van der Waals surface area contributed by atoms with Crippen LogP contribution in [0, 0.1) is 0 Å². The van der Waals surface area contributed by atoms with Crippen LogP contribution in [0.4, 0.5) is 0 Å². The zero-order valence-corrected chi connectivity index (χ0v) is 11.9. The first kappa shape index (κ1) is 15.1. The minimum atomic E-state index is 0.366. The first-order valence-corrected chi connectivity index (χ1v) is 7.05. The molecule has 3 nitrogen and oxygen atoms in total. The number of rotatable bonds is 9. The second kappa shape index (κ2) is 9.06. The highest BCUT2D eigenvalue weighted by Crippen LogP contribution is 2.04. The molecule has 1 rings (SSSR count). The van der Waals surface area contributed by atoms with Gasteiger partial charge >= 0.3 is 0 Å². The summed E-state index contributed by atoms with van der Waals surface area (Å²) in [4.78, 5) is 4.51. The molecule has 0 aromatic carbocycles. The fourth-order valence-corrected chi connectivity index (χ4v) is 1.84. The number of nitrogens with zero attached hydrogens (tertiary/aromatic N) is 1. The van der Waals surface area contributed by atoms with Crippen molar-refractivity contribution in [3.05, 3.63) is 29.6 Å². The predicted molar refractivity (Wildman–Crippen MR) is 75.9 cm³/mol. The lowest BCUT2D eigenvalue weighted by Crippen LogP contribution is -2.36. The second-order valence-corrected chi connectivity index (χ2v) is 4.53. The van der Waals surface area contributed by atoms with E-state index >= 15 is 0 Å². The molecule has 0 amide bonds. The summed E-state index contributed by atoms with van der Waals surface area (Å²) in [6, 6.07) is 4.66. The van der Waals surface area contributed by atoms with Crippen LogP contribution in [0.2, 0.25) is 0 Å². The molecule has 1 N–H and O–H groups in total. The van der Waals surface area contributed by atoms with E-state index in [-0.39, 0.29) is 0 Å². The van der Waals surface area contributed by atoms with Gasteiger partial charge in [0.15, 0.2) is 0 Å². The highest BCUT2D eigenvalue weighted by molar-refractivity contribution is 5.14. The predicted octanol–water partition coefficient (Wildman–Crippen LogP) is 2.59. The van der Waals surface area contributed by atoms with Gasteiger partial charge in [0.25, 0.3) is 0 Å². The molecule has 0 aliphatic carbocycles. The van der Waals surface area contributed by atoms with Crippen LogP contribution in [0.25, 0.3) is 0 Å². The maximum absolute atomic E-state index is 5.52. The summed E-state index contributed by atoms with van der Waals surface area (Å²) in [5, 5.41) is 3.52. The van der Waals surface area contributed by atoms with Crippen molar-refractivity contribution in [3.8, 4) is 0 Å². The van der Waals surface area contributed by atoms with Gasteiger partial charge in [-0.25, -0.2) is 0 Å². The molecule has 0 fully saturated rings. The van der Waals surface area contributed by atoms with Gasteiger partial charge in [-0.05, 0) is 37.9 Å². The van der Waals surface area contributed by atoms with Gasteiger partial charge < -0.3 is 10.1 Å². The molecule has 0 saturated carbocycles. The lowest BCUT2D eigenvalue weighted by Gasteiger charge is -2.18. The molecule has 3 heteroatoms. The number of nitrogens with one attached hydrogen (secondary N) is 1. The third-order valence-electron chi connectivity index (χ3n) is 2.96. The van der Waals surface area contributed by atoms with Crippen LogP contribution in [-0.2, 0) is 17.6 Å². The molecule has 1 unspecified atom stereocenters. The van der Waals surface area contributed by atoms with Crippen LogP contribution in [0.15, 0.2) is 18.3 Å². The van der Waals surface area contributed by atoms with Gasteiger partial charge in [-0.15, -0.1) is 0 Å². The van der Waals surface area contributed by atoms with Gasteiger partial charge in [0.05, 0.1) is 6.61 Å². The van der Waals surface area contributed by atoms with Crippen molar-refractivity contribution in [3.63, 3.8) is 0 Å². The zero-order valence-electron chi connectivity index (χ0n) is 11.9. The van der Waals surface area contributed by atoms with Gasteiger partial charge in [-0.2, -0.15) is 0 Å². The van der Waals surface area contributed by atoms with E-state index in [4.69, 9.17) is 4.74 Å². The van der Waals surface area contributed by atoms with E-state index in [9.17, 15) is 0 Å². The molecule has 18 heavy (non-hydrogen) atoms. The van der Waals surface area contributed by atoms with E-state index in [0.29, 0.717) is 6.04 Å². The van der Waals surface area contributed by atoms with Crippen LogP contribution in [0.1, 0.15) is 38.4 Å². The van der Waals surface area contributed by atoms with E-state index in [2.05, 4.69) is 36.3 Å². The molecule has 102 valence electrons. The number of pyridine rings is 1. The molecule has 0 saturated heterocycles. The Labute approximate surface area is 111 Å². The molecule has 1 aromatic heterocycles. The van der Waals surface area contributed by atoms with Gasteiger partial charge in [-0.1, -0.05) is 19.9 Å². The van der Waals surface area contributed by atoms with E-state index in [0.717, 1.165) is 44.7 Å². The molecule has 1 atom stereocenters. The van der Waals surface area contributed by atoms with E-state index in [1.165, 1.54) is 5.56 Å². The summed E-state index contributed by atoms with van der Waals surface area (Å²) in [7, 11) is 0. The van der Waals surface area contributed by atoms with Gasteiger partial charge in [0, 0.05) is 31.0 Å². The average molecular weight is 250 g/mol. The van der Waals surface area contributed by atoms with E-state index < -0.39 is 0 Å². The summed E-state index contributed by atoms with van der Waals surface area (Å²) < 4.78 is 5.52. The van der Waals surface area contributed by atoms with Crippen LogP contribution < -0.4 is 5.32 Å². The molecular formula is C15H26N2O. The van der Waals surface area contributed by atoms with Crippen LogP contribution in [-0.4, -0.2) is 30.8 Å². The van der Waals surface area contributed by atoms with Crippen molar-refractivity contribution in [2.75, 3.05) is 19.8 Å². The summed E-state index contributed by atoms with van der Waals surface area (Å²) in [6.07, 6.45) is 5.10. The van der Waals surface area contributed by atoms with Crippen molar-refractivity contribution in [2.24, 2.45) is 0 Å². The highest BCUT2D eigenvalue weighted by atomic mass is 16.5. The Morgan fingerprint density at radius 3 is 2.67 bits per heavy atom. The average Bonchev–Trinajstić information content (AvgIpc) is 2.42. The quantitative estimate of drug-likeness (QED) is 0.731. The molecule has 1 heterocycles. The maximum Gasteiger partial charge on any atom is 0.0623 e. The Morgan fingerprint density at radius 2 is 2.11 bits per heavy atom. The Hall–Kier alpha value is -0.930. The minimum Gasteiger partial charge on any atom is -0.380 e. The minimum absolute atomic E-state index is 0.366. The molecular weight excluding hydrogens is 224 g/mol. The summed E-state index contributed by atoms with van der Waals surface area (Å²) in [5.74, 6) is 0. The summed E-state index contributed by atoms with van der Waals surface area (Å²) in [5.41, 5.74) is 2.43. The molecule has 1 aromatic rings. The normalized spacial score (nSPS) is 12.6. The van der Waals surface area contributed by atoms with Gasteiger partial charge in [-0.3, -0.25) is 4.98 Å². The van der Waals surface area contributed by atoms with Gasteiger partial charge in [0.2, 0.25) is 0 Å². The Morgan fingerprint density at radius 1 is 1.28 bits per heavy atom. The fourth-order valence-electron chi connectivity index (χ4n) is 1.84. The standard InChI is InChI=1S/C15H26N2O/c1-4-9-16-15(12-18-6-3)10-14-8-7-13(5-2)11-17-14/h7-8,11,15-16H,4-6,9-10,12H2,1-3H3. The van der Waals surface area contributed by atoms with Crippen molar-refractivity contribution >= 4 is 0 Å². The number of hydrogen-bond acceptors (Lipinski definition) is 3. The topological polar surface area (TPSA) is 34.1 Å². The smallest absolute Gasteiger partial charge is 0.0623 e. The van der Waals surface area contributed by atoms with Gasteiger partial charge in [0.1, 0.15) is 0 Å². The van der Waals surface area contributed by atoms with Crippen LogP contribution >= 0.6 is 0 Å². The summed E-state index contributed by atoms with van der Waals surface area (Å²) >= 11 is 0. The van der Waals surface area contributed by atoms with E-state index in [1.807, 2.05) is 13.1 Å².